The molecule has 71 heavy (non-hydrogen) atoms. The Labute approximate surface area is 415 Å². The molecule has 0 aromatic carbocycles. The summed E-state index contributed by atoms with van der Waals surface area (Å²) in [6.07, 6.45) is -19.0. The summed E-state index contributed by atoms with van der Waals surface area (Å²) < 4.78 is 62.2. The first-order valence-electron chi connectivity index (χ1n) is 26.6. The zero-order valence-corrected chi connectivity index (χ0v) is 42.1. The van der Waals surface area contributed by atoms with Crippen molar-refractivity contribution in [3.8, 4) is 0 Å². The van der Waals surface area contributed by atoms with Crippen LogP contribution >= 0.6 is 0 Å². The lowest BCUT2D eigenvalue weighted by molar-refractivity contribution is -0.394. The normalized spacial score (nSPS) is 58.4. The molecule has 1 spiro atoms. The van der Waals surface area contributed by atoms with Gasteiger partial charge in [0, 0.05) is 12.3 Å². The second-order valence-corrected chi connectivity index (χ2v) is 23.8. The van der Waals surface area contributed by atoms with Crippen LogP contribution in [0.4, 0.5) is 0 Å². The van der Waals surface area contributed by atoms with Gasteiger partial charge in [0.05, 0.1) is 43.7 Å². The van der Waals surface area contributed by atoms with Crippen LogP contribution in [0.25, 0.3) is 0 Å². The fraction of sp³-hybridized carbons (Fsp3) is 0.961. The monoisotopic (exact) mass is 1010 g/mol. The van der Waals surface area contributed by atoms with Crippen molar-refractivity contribution in [3.63, 3.8) is 0 Å². The number of hydrogen-bond donors (Lipinski definition) is 10. The predicted molar refractivity (Wildman–Crippen MR) is 244 cm³/mol. The topological polar surface area (TPSA) is 295 Å². The van der Waals surface area contributed by atoms with Crippen LogP contribution in [0.2, 0.25) is 0 Å². The smallest absolute Gasteiger partial charge is 0.187 e. The lowest BCUT2D eigenvalue weighted by Gasteiger charge is -2.59. The van der Waals surface area contributed by atoms with Crippen LogP contribution in [0.1, 0.15) is 106 Å². The van der Waals surface area contributed by atoms with Gasteiger partial charge in [-0.3, -0.25) is 0 Å². The summed E-state index contributed by atoms with van der Waals surface area (Å²) in [6.45, 7) is 14.1. The Morgan fingerprint density at radius 3 is 1.82 bits per heavy atom. The van der Waals surface area contributed by atoms with E-state index in [2.05, 4.69) is 33.8 Å². The third-order valence-electron chi connectivity index (χ3n) is 19.7. The van der Waals surface area contributed by atoms with E-state index in [0.29, 0.717) is 48.3 Å². The van der Waals surface area contributed by atoms with Crippen LogP contribution in [-0.2, 0) is 47.4 Å². The van der Waals surface area contributed by atoms with E-state index in [9.17, 15) is 51.1 Å². The lowest BCUT2D eigenvalue weighted by atomic mass is 9.47. The van der Waals surface area contributed by atoms with E-state index in [1.54, 1.807) is 0 Å². The molecule has 20 heteroatoms. The minimum absolute atomic E-state index is 0.0569. The van der Waals surface area contributed by atoms with E-state index in [0.717, 1.165) is 51.6 Å². The van der Waals surface area contributed by atoms with E-state index in [1.807, 2.05) is 0 Å². The van der Waals surface area contributed by atoms with Gasteiger partial charge in [-0.1, -0.05) is 39.3 Å². The lowest BCUT2D eigenvalue weighted by Crippen LogP contribution is -2.67. The molecule has 0 radical (unpaired) electrons. The Morgan fingerprint density at radius 1 is 0.592 bits per heavy atom. The molecule has 0 aromatic rings. The van der Waals surface area contributed by atoms with Crippen LogP contribution in [-0.4, -0.2) is 205 Å². The van der Waals surface area contributed by atoms with Gasteiger partial charge in [-0.05, 0) is 113 Å². The molecular formula is C51H82O20. The van der Waals surface area contributed by atoms with Gasteiger partial charge in [-0.15, -0.1) is 0 Å². The van der Waals surface area contributed by atoms with Gasteiger partial charge >= 0.3 is 0 Å². The molecule has 20 nitrogen and oxygen atoms in total. The summed E-state index contributed by atoms with van der Waals surface area (Å²) in [6, 6.07) is 0. The minimum Gasteiger partial charge on any atom is -0.394 e. The number of allylic oxidation sites excluding steroid dienone is 1. The number of hydrogen-bond acceptors (Lipinski definition) is 20. The summed E-state index contributed by atoms with van der Waals surface area (Å²) in [7, 11) is 0. The Hall–Kier alpha value is -1.06. The van der Waals surface area contributed by atoms with Crippen molar-refractivity contribution in [1.29, 1.82) is 0 Å². The highest BCUT2D eigenvalue weighted by atomic mass is 16.8. The van der Waals surface area contributed by atoms with Crippen LogP contribution in [0.3, 0.4) is 0 Å². The van der Waals surface area contributed by atoms with Crippen LogP contribution in [0, 0.1) is 46.3 Å². The molecule has 10 N–H and O–H groups in total. The van der Waals surface area contributed by atoms with Crippen molar-refractivity contribution < 1.29 is 98.4 Å². The molecule has 6 saturated heterocycles. The van der Waals surface area contributed by atoms with Crippen LogP contribution in [0.5, 0.6) is 0 Å². The molecule has 10 aliphatic rings. The molecule has 9 fully saturated rings. The van der Waals surface area contributed by atoms with Crippen molar-refractivity contribution in [2.45, 2.75) is 247 Å². The van der Waals surface area contributed by atoms with E-state index < -0.39 is 141 Å². The molecule has 4 aliphatic carbocycles. The zero-order chi connectivity index (χ0) is 50.8. The Morgan fingerprint density at radius 2 is 1.20 bits per heavy atom. The number of fused-ring (bicyclic) bond motifs is 7. The second-order valence-electron chi connectivity index (χ2n) is 23.8. The van der Waals surface area contributed by atoms with E-state index >= 15 is 0 Å². The van der Waals surface area contributed by atoms with Crippen molar-refractivity contribution in [2.75, 3.05) is 13.2 Å². The van der Waals surface area contributed by atoms with Gasteiger partial charge in [0.15, 0.2) is 30.9 Å². The molecule has 406 valence electrons. The quantitative estimate of drug-likeness (QED) is 0.137. The largest absolute Gasteiger partial charge is 0.394 e. The molecule has 31 atom stereocenters. The van der Waals surface area contributed by atoms with Gasteiger partial charge in [0.2, 0.25) is 0 Å². The number of aliphatic hydroxyl groups is 10. The first kappa shape index (κ1) is 53.3. The van der Waals surface area contributed by atoms with Gasteiger partial charge in [-0.25, -0.2) is 0 Å². The highest BCUT2D eigenvalue weighted by molar-refractivity contribution is 5.26. The maximum absolute atomic E-state index is 12.2. The van der Waals surface area contributed by atoms with Crippen molar-refractivity contribution >= 4 is 0 Å². The van der Waals surface area contributed by atoms with Crippen LogP contribution in [0.15, 0.2) is 11.6 Å². The average molecular weight is 1020 g/mol. The van der Waals surface area contributed by atoms with Gasteiger partial charge in [-0.2, -0.15) is 0 Å². The molecular weight excluding hydrogens is 933 g/mol. The SMILES string of the molecule is C[C@H]1CC[C@]2(OC1)O[C@@H]1C[C@H]3[C@H]4CC=C5C[C@H](O[C@@H]6O[C@H](CO)[C@@H](O[C@@H]7O[C@H](C)[C@@H](O[C@@H]8O[C@H](C)[C@@H](O)[C@H](O)[C@@H]8O)[C@H](O)[C@@H]7O)[C@H](O)[C@@H]6O[C@@H]6O[C@H](C)[C@@H](O)[C@H](O)[C@@H]6O)CC[C@]5(C)[C@@H]4CC[C@]3(C)[C@@H]1[C@H]2C. The standard InChI is InChI=1S/C51H82O20/c1-20-10-15-51(62-19-20)21(2)32-30(71-51)17-29-27-9-8-25-16-26(11-13-49(25,6)28(27)12-14-50(29,32)7)66-48-44(70-46-39(59)36(56)34(54)23(4)64-46)41(61)43(31(18-52)67-48)69-47-40(60)37(57)42(24(5)65-47)68-45-38(58)35(55)33(53)22(3)63-45/h8,20-24,26-48,52-61H,9-19H2,1-7H3/t20-,21+,22+,23+,24+,26+,27-,28+,29-,30+,31+,32+,33+,34+,35-,36-,37+,38-,39-,40-,41-,42+,43+,44-,45-,46-,47-,48+,49-,50-,51-/m0/s1. The Balaban J connectivity index is 0.836. The third-order valence-corrected chi connectivity index (χ3v) is 19.7. The fourth-order valence-electron chi connectivity index (χ4n) is 15.4. The van der Waals surface area contributed by atoms with Gasteiger partial charge in [0.1, 0.15) is 79.4 Å². The molecule has 3 saturated carbocycles. The second kappa shape index (κ2) is 20.1. The van der Waals surface area contributed by atoms with Crippen LogP contribution < -0.4 is 0 Å². The number of aliphatic hydroxyl groups excluding tert-OH is 10. The van der Waals surface area contributed by atoms with E-state index in [1.165, 1.54) is 26.3 Å². The maximum atomic E-state index is 12.2. The Bertz CT molecular complexity index is 1890. The summed E-state index contributed by atoms with van der Waals surface area (Å²) >= 11 is 0. The third kappa shape index (κ3) is 9.03. The summed E-state index contributed by atoms with van der Waals surface area (Å²) in [4.78, 5) is 0. The maximum Gasteiger partial charge on any atom is 0.187 e. The first-order chi connectivity index (χ1) is 33.6. The van der Waals surface area contributed by atoms with Gasteiger partial charge in [0.25, 0.3) is 0 Å². The first-order valence-corrected chi connectivity index (χ1v) is 26.6. The highest BCUT2D eigenvalue weighted by Crippen LogP contribution is 2.71. The molecule has 0 amide bonds. The van der Waals surface area contributed by atoms with E-state index in [4.69, 9.17) is 47.4 Å². The zero-order valence-electron chi connectivity index (χ0n) is 42.1. The summed E-state index contributed by atoms with van der Waals surface area (Å²) in [5.41, 5.74) is 1.44. The summed E-state index contributed by atoms with van der Waals surface area (Å²) in [5, 5.41) is 109. The van der Waals surface area contributed by atoms with E-state index in [-0.39, 0.29) is 16.9 Å². The number of rotatable bonds is 9. The molecule has 0 unspecified atom stereocenters. The van der Waals surface area contributed by atoms with Crippen molar-refractivity contribution in [2.24, 2.45) is 46.3 Å². The van der Waals surface area contributed by atoms with Crippen molar-refractivity contribution in [3.05, 3.63) is 11.6 Å². The predicted octanol–water partition coefficient (Wildman–Crippen LogP) is 0.0935. The Kier molecular flexibility index (Phi) is 15.1. The molecule has 10 rings (SSSR count). The minimum atomic E-state index is -1.85. The average Bonchev–Trinajstić information content (AvgIpc) is 3.79. The summed E-state index contributed by atoms with van der Waals surface area (Å²) in [5.74, 6) is 2.46. The molecule has 0 bridgehead atoms. The highest BCUT2D eigenvalue weighted by Gasteiger charge is 2.69. The molecule has 6 heterocycles. The molecule has 0 aromatic heterocycles. The van der Waals surface area contributed by atoms with Gasteiger partial charge < -0.3 is 98.4 Å². The number of ether oxygens (including phenoxy) is 10. The van der Waals surface area contributed by atoms with Crippen molar-refractivity contribution in [1.82, 2.24) is 0 Å². The molecule has 6 aliphatic heterocycles. The fourth-order valence-corrected chi connectivity index (χ4v) is 15.4.